The van der Waals surface area contributed by atoms with Crippen LogP contribution in [0.3, 0.4) is 0 Å². The second-order valence-electron chi connectivity index (χ2n) is 7.53. The molecule has 5 nitrogen and oxygen atoms in total. The van der Waals surface area contributed by atoms with Crippen molar-refractivity contribution in [3.05, 3.63) is 89.2 Å². The number of nitrogens with zero attached hydrogens (tertiary/aromatic N) is 2. The molecule has 0 aliphatic heterocycles. The lowest BCUT2D eigenvalue weighted by Crippen LogP contribution is -2.27. The highest BCUT2D eigenvalue weighted by Gasteiger charge is 2.20. The van der Waals surface area contributed by atoms with E-state index in [1.165, 1.54) is 11.8 Å². The van der Waals surface area contributed by atoms with Crippen LogP contribution in [0.2, 0.25) is 0 Å². The number of hydrogen-bond acceptors (Lipinski definition) is 4. The van der Waals surface area contributed by atoms with E-state index in [9.17, 15) is 9.59 Å². The van der Waals surface area contributed by atoms with E-state index in [4.69, 9.17) is 4.98 Å². The van der Waals surface area contributed by atoms with Gasteiger partial charge < -0.3 is 5.32 Å². The molecule has 0 spiro atoms. The molecule has 162 valence electrons. The molecule has 0 radical (unpaired) electrons. The molecule has 1 unspecified atom stereocenters. The lowest BCUT2D eigenvalue weighted by Gasteiger charge is -2.17. The number of rotatable bonds is 7. The molecule has 1 amide bonds. The van der Waals surface area contributed by atoms with E-state index in [0.29, 0.717) is 22.6 Å². The summed E-state index contributed by atoms with van der Waals surface area (Å²) in [6.07, 6.45) is 0.804. The van der Waals surface area contributed by atoms with Gasteiger partial charge in [-0.15, -0.1) is 0 Å². The highest BCUT2D eigenvalue weighted by atomic mass is 32.2. The Labute approximate surface area is 191 Å². The van der Waals surface area contributed by atoms with Gasteiger partial charge in [-0.2, -0.15) is 0 Å². The quantitative estimate of drug-likeness (QED) is 0.299. The van der Waals surface area contributed by atoms with Gasteiger partial charge in [-0.05, 0) is 37.1 Å². The van der Waals surface area contributed by atoms with Crippen LogP contribution >= 0.6 is 11.8 Å². The molecule has 1 N–H and O–H groups in total. The monoisotopic (exact) mass is 443 g/mol. The minimum Gasteiger partial charge on any atom is -0.325 e. The number of anilines is 1. The normalized spacial score (nSPS) is 11.9. The van der Waals surface area contributed by atoms with Crippen molar-refractivity contribution in [2.24, 2.45) is 0 Å². The summed E-state index contributed by atoms with van der Waals surface area (Å²) in [7, 11) is 0. The largest absolute Gasteiger partial charge is 0.325 e. The van der Waals surface area contributed by atoms with Gasteiger partial charge in [-0.3, -0.25) is 14.2 Å². The molecule has 1 aromatic heterocycles. The second kappa shape index (κ2) is 9.83. The molecular formula is C26H25N3O2S. The zero-order chi connectivity index (χ0) is 22.5. The number of thioether (sulfide) groups is 1. The van der Waals surface area contributed by atoms with Crippen LogP contribution in [0.1, 0.15) is 20.3 Å². The van der Waals surface area contributed by atoms with E-state index in [0.717, 1.165) is 23.2 Å². The number of carbonyl (C=O) groups excluding carboxylic acids is 1. The topological polar surface area (TPSA) is 64.0 Å². The number of carbonyl (C=O) groups is 1. The summed E-state index contributed by atoms with van der Waals surface area (Å²) in [5.74, 6) is -0.135. The molecule has 1 heterocycles. The number of nitrogens with one attached hydrogen (secondary N) is 1. The highest BCUT2D eigenvalue weighted by Crippen LogP contribution is 2.29. The first-order valence-electron chi connectivity index (χ1n) is 10.7. The Morgan fingerprint density at radius 3 is 2.47 bits per heavy atom. The predicted molar refractivity (Wildman–Crippen MR) is 132 cm³/mol. The summed E-state index contributed by atoms with van der Waals surface area (Å²) < 4.78 is 1.68. The maximum atomic E-state index is 13.1. The lowest BCUT2D eigenvalue weighted by atomic mass is 10.0. The van der Waals surface area contributed by atoms with Crippen LogP contribution in [0.5, 0.6) is 0 Å². The van der Waals surface area contributed by atoms with Crippen LogP contribution in [0.15, 0.2) is 88.8 Å². The molecule has 3 aromatic carbocycles. The summed E-state index contributed by atoms with van der Waals surface area (Å²) >= 11 is 1.31. The van der Waals surface area contributed by atoms with Gasteiger partial charge in [0.2, 0.25) is 5.91 Å². The van der Waals surface area contributed by atoms with Gasteiger partial charge in [0.1, 0.15) is 0 Å². The van der Waals surface area contributed by atoms with Crippen molar-refractivity contribution < 1.29 is 4.79 Å². The Hall–Kier alpha value is -3.38. The summed E-state index contributed by atoms with van der Waals surface area (Å²) in [6.45, 7) is 4.42. The third-order valence-electron chi connectivity index (χ3n) is 5.19. The Kier molecular flexibility index (Phi) is 6.71. The number of amides is 1. The maximum Gasteiger partial charge on any atom is 0.262 e. The maximum absolute atomic E-state index is 13.1. The average Bonchev–Trinajstić information content (AvgIpc) is 2.82. The molecule has 0 aliphatic rings. The summed E-state index contributed by atoms with van der Waals surface area (Å²) in [5, 5.41) is 3.78. The van der Waals surface area contributed by atoms with Crippen molar-refractivity contribution in [2.75, 3.05) is 5.32 Å². The van der Waals surface area contributed by atoms with Crippen molar-refractivity contribution in [3.8, 4) is 11.1 Å². The van der Waals surface area contributed by atoms with Crippen LogP contribution in [0, 0.1) is 0 Å². The Morgan fingerprint density at radius 2 is 1.69 bits per heavy atom. The minimum absolute atomic E-state index is 0.0676. The Bertz CT molecular complexity index is 1300. The van der Waals surface area contributed by atoms with Crippen molar-refractivity contribution in [2.45, 2.75) is 37.2 Å². The standard InChI is InChI=1S/C26H25N3O2S/c1-3-17-29-25(31)21-14-8-10-16-23(21)28-26(29)32-18(2)24(30)27-22-15-9-7-13-20(22)19-11-5-4-6-12-19/h4-16,18H,3,17H2,1-2H3,(H,27,30). The summed E-state index contributed by atoms with van der Waals surface area (Å²) in [4.78, 5) is 30.8. The minimum atomic E-state index is -0.435. The molecule has 1 atom stereocenters. The first-order chi connectivity index (χ1) is 15.6. The van der Waals surface area contributed by atoms with Crippen LogP contribution in [-0.2, 0) is 11.3 Å². The molecule has 4 rings (SSSR count). The fraction of sp³-hybridized carbons (Fsp3) is 0.192. The zero-order valence-electron chi connectivity index (χ0n) is 18.1. The first kappa shape index (κ1) is 21.8. The van der Waals surface area contributed by atoms with Gasteiger partial charge >= 0.3 is 0 Å². The number of para-hydroxylation sites is 2. The van der Waals surface area contributed by atoms with E-state index in [-0.39, 0.29) is 11.5 Å². The fourth-order valence-corrected chi connectivity index (χ4v) is 4.50. The average molecular weight is 444 g/mol. The van der Waals surface area contributed by atoms with Crippen molar-refractivity contribution in [1.82, 2.24) is 9.55 Å². The first-order valence-corrected chi connectivity index (χ1v) is 11.6. The van der Waals surface area contributed by atoms with Crippen molar-refractivity contribution in [3.63, 3.8) is 0 Å². The summed E-state index contributed by atoms with van der Waals surface area (Å²) in [5.41, 5.74) is 3.34. The van der Waals surface area contributed by atoms with E-state index in [1.54, 1.807) is 10.6 Å². The molecule has 0 fully saturated rings. The number of hydrogen-bond donors (Lipinski definition) is 1. The highest BCUT2D eigenvalue weighted by molar-refractivity contribution is 8.00. The Morgan fingerprint density at radius 1 is 1.00 bits per heavy atom. The smallest absolute Gasteiger partial charge is 0.262 e. The predicted octanol–water partition coefficient (Wildman–Crippen LogP) is 5.59. The van der Waals surface area contributed by atoms with Gasteiger partial charge in [-0.1, -0.05) is 79.3 Å². The van der Waals surface area contributed by atoms with E-state index < -0.39 is 5.25 Å². The van der Waals surface area contributed by atoms with Gasteiger partial charge in [0.15, 0.2) is 5.16 Å². The van der Waals surface area contributed by atoms with Crippen molar-refractivity contribution in [1.29, 1.82) is 0 Å². The lowest BCUT2D eigenvalue weighted by molar-refractivity contribution is -0.115. The Balaban J connectivity index is 1.60. The van der Waals surface area contributed by atoms with Crippen LogP contribution in [-0.4, -0.2) is 20.7 Å². The van der Waals surface area contributed by atoms with Crippen molar-refractivity contribution >= 4 is 34.3 Å². The van der Waals surface area contributed by atoms with Gasteiger partial charge in [-0.25, -0.2) is 4.98 Å². The van der Waals surface area contributed by atoms with Crippen LogP contribution in [0.4, 0.5) is 5.69 Å². The third kappa shape index (κ3) is 4.60. The fourth-order valence-electron chi connectivity index (χ4n) is 3.57. The van der Waals surface area contributed by atoms with Gasteiger partial charge in [0.05, 0.1) is 16.2 Å². The van der Waals surface area contributed by atoms with E-state index in [1.807, 2.05) is 86.6 Å². The molecular weight excluding hydrogens is 418 g/mol. The molecule has 32 heavy (non-hydrogen) atoms. The van der Waals surface area contributed by atoms with Gasteiger partial charge in [0, 0.05) is 17.8 Å². The second-order valence-corrected chi connectivity index (χ2v) is 8.84. The van der Waals surface area contributed by atoms with E-state index >= 15 is 0 Å². The molecule has 0 saturated carbocycles. The zero-order valence-corrected chi connectivity index (χ0v) is 18.9. The molecule has 0 aliphatic carbocycles. The molecule has 4 aromatic rings. The summed E-state index contributed by atoms with van der Waals surface area (Å²) in [6, 6.07) is 25.1. The molecule has 0 bridgehead atoms. The number of fused-ring (bicyclic) bond motifs is 1. The third-order valence-corrected chi connectivity index (χ3v) is 6.29. The molecule has 0 saturated heterocycles. The van der Waals surface area contributed by atoms with Crippen LogP contribution < -0.4 is 10.9 Å². The number of aromatic nitrogens is 2. The SMILES string of the molecule is CCCn1c(SC(C)C(=O)Nc2ccccc2-c2ccccc2)nc2ccccc2c1=O. The van der Waals surface area contributed by atoms with Gasteiger partial charge in [0.25, 0.3) is 5.56 Å². The number of benzene rings is 3. The molecule has 6 heteroatoms. The van der Waals surface area contributed by atoms with Crippen LogP contribution in [0.25, 0.3) is 22.0 Å². The van der Waals surface area contributed by atoms with E-state index in [2.05, 4.69) is 5.32 Å².